The molecule has 0 spiro atoms. The van der Waals surface area contributed by atoms with E-state index >= 15 is 0 Å². The zero-order valence-electron chi connectivity index (χ0n) is 16.6. The number of aromatic nitrogens is 1. The molecule has 6 nitrogen and oxygen atoms in total. The van der Waals surface area contributed by atoms with Crippen LogP contribution in [-0.2, 0) is 16.1 Å². The lowest BCUT2D eigenvalue weighted by atomic mass is 9.96. The first kappa shape index (κ1) is 19.9. The number of hydrogen-bond acceptors (Lipinski definition) is 6. The molecule has 0 aliphatic carbocycles. The molecule has 0 bridgehead atoms. The van der Waals surface area contributed by atoms with Gasteiger partial charge in [-0.1, -0.05) is 22.0 Å². The standard InChI is InChI=1S/C22H24BrN3O3/c1-13-16(4-3-5-17(13)23)21-25-19-11-14(10-18(24)20(19)29-21)12-26-8-6-15(7-9-26)22(27)28-2/h3-5,10-11,15H,6-9,12,24H2,1-2H3. The molecule has 0 amide bonds. The summed E-state index contributed by atoms with van der Waals surface area (Å²) in [7, 11) is 1.45. The molecule has 7 heteroatoms. The number of piperidine rings is 1. The molecule has 29 heavy (non-hydrogen) atoms. The summed E-state index contributed by atoms with van der Waals surface area (Å²) in [5.74, 6) is 0.477. The van der Waals surface area contributed by atoms with Gasteiger partial charge in [0.15, 0.2) is 5.58 Å². The van der Waals surface area contributed by atoms with E-state index in [0.29, 0.717) is 17.2 Å². The lowest BCUT2D eigenvalue weighted by Gasteiger charge is -2.30. The fraction of sp³-hybridized carbons (Fsp3) is 0.364. The number of rotatable bonds is 4. The molecule has 2 aromatic carbocycles. The quantitative estimate of drug-likeness (QED) is 0.457. The Morgan fingerprint density at radius 1 is 1.34 bits per heavy atom. The number of methoxy groups -OCH3 is 1. The van der Waals surface area contributed by atoms with E-state index in [9.17, 15) is 4.79 Å². The third-order valence-corrected chi connectivity index (χ3v) is 6.46. The minimum atomic E-state index is -0.103. The fourth-order valence-corrected chi connectivity index (χ4v) is 4.28. The van der Waals surface area contributed by atoms with Crippen molar-refractivity contribution in [1.82, 2.24) is 9.88 Å². The van der Waals surface area contributed by atoms with Crippen LogP contribution < -0.4 is 5.73 Å². The van der Waals surface area contributed by atoms with Gasteiger partial charge >= 0.3 is 5.97 Å². The number of oxazole rings is 1. The number of nitrogens with zero attached hydrogens (tertiary/aromatic N) is 2. The molecule has 1 aliphatic rings. The van der Waals surface area contributed by atoms with E-state index in [0.717, 1.165) is 59.2 Å². The van der Waals surface area contributed by atoms with Crippen LogP contribution in [0.4, 0.5) is 5.69 Å². The molecule has 3 aromatic rings. The zero-order valence-corrected chi connectivity index (χ0v) is 18.2. The topological polar surface area (TPSA) is 81.6 Å². The summed E-state index contributed by atoms with van der Waals surface area (Å²) >= 11 is 3.56. The Morgan fingerprint density at radius 3 is 2.83 bits per heavy atom. The van der Waals surface area contributed by atoms with Crippen LogP contribution in [0.1, 0.15) is 24.0 Å². The number of anilines is 1. The Balaban J connectivity index is 1.55. The van der Waals surface area contributed by atoms with E-state index in [1.54, 1.807) is 0 Å². The van der Waals surface area contributed by atoms with Crippen LogP contribution in [0.5, 0.6) is 0 Å². The maximum Gasteiger partial charge on any atom is 0.308 e. The maximum absolute atomic E-state index is 11.7. The highest BCUT2D eigenvalue weighted by atomic mass is 79.9. The Labute approximate surface area is 178 Å². The largest absolute Gasteiger partial charge is 0.469 e. The van der Waals surface area contributed by atoms with Gasteiger partial charge in [-0.2, -0.15) is 0 Å². The van der Waals surface area contributed by atoms with Crippen molar-refractivity contribution in [3.8, 4) is 11.5 Å². The first-order valence-electron chi connectivity index (χ1n) is 9.71. The summed E-state index contributed by atoms with van der Waals surface area (Å²) in [5, 5.41) is 0. The number of benzene rings is 2. The summed E-state index contributed by atoms with van der Waals surface area (Å²) < 4.78 is 11.9. The van der Waals surface area contributed by atoms with Gasteiger partial charge < -0.3 is 14.9 Å². The molecular weight excluding hydrogens is 434 g/mol. The number of halogens is 1. The Morgan fingerprint density at radius 2 is 2.10 bits per heavy atom. The Bertz CT molecular complexity index is 1050. The van der Waals surface area contributed by atoms with Crippen molar-refractivity contribution in [2.24, 2.45) is 5.92 Å². The number of ether oxygens (including phenoxy) is 1. The lowest BCUT2D eigenvalue weighted by molar-refractivity contribution is -0.147. The predicted octanol–water partition coefficient (Wildman–Crippen LogP) is 4.53. The SMILES string of the molecule is COC(=O)C1CCN(Cc2cc(N)c3oc(-c4cccc(Br)c4C)nc3c2)CC1. The van der Waals surface area contributed by atoms with Gasteiger partial charge in [-0.15, -0.1) is 0 Å². The molecule has 1 fully saturated rings. The van der Waals surface area contributed by atoms with Crippen molar-refractivity contribution in [3.63, 3.8) is 0 Å². The highest BCUT2D eigenvalue weighted by Gasteiger charge is 2.25. The van der Waals surface area contributed by atoms with Gasteiger partial charge in [0, 0.05) is 16.6 Å². The van der Waals surface area contributed by atoms with Crippen LogP contribution in [0.25, 0.3) is 22.6 Å². The van der Waals surface area contributed by atoms with Crippen LogP contribution in [0.3, 0.4) is 0 Å². The third-order valence-electron chi connectivity index (χ3n) is 5.60. The molecular formula is C22H24BrN3O3. The number of nitrogens with two attached hydrogens (primary N) is 1. The second kappa shape index (κ2) is 8.16. The van der Waals surface area contributed by atoms with Crippen LogP contribution >= 0.6 is 15.9 Å². The molecule has 4 rings (SSSR count). The summed E-state index contributed by atoms with van der Waals surface area (Å²) in [6, 6.07) is 9.95. The van der Waals surface area contributed by atoms with Crippen molar-refractivity contribution in [2.75, 3.05) is 25.9 Å². The van der Waals surface area contributed by atoms with Gasteiger partial charge in [0.05, 0.1) is 18.7 Å². The maximum atomic E-state index is 11.7. The van der Waals surface area contributed by atoms with E-state index in [4.69, 9.17) is 19.9 Å². The van der Waals surface area contributed by atoms with Crippen molar-refractivity contribution in [3.05, 3.63) is 45.9 Å². The fourth-order valence-electron chi connectivity index (χ4n) is 3.92. The van der Waals surface area contributed by atoms with E-state index < -0.39 is 0 Å². The van der Waals surface area contributed by atoms with E-state index in [1.165, 1.54) is 7.11 Å². The lowest BCUT2D eigenvalue weighted by Crippen LogP contribution is -2.36. The van der Waals surface area contributed by atoms with Gasteiger partial charge in [0.25, 0.3) is 0 Å². The molecule has 0 atom stereocenters. The van der Waals surface area contributed by atoms with Crippen molar-refractivity contribution < 1.29 is 13.9 Å². The van der Waals surface area contributed by atoms with Crippen LogP contribution in [0.15, 0.2) is 39.2 Å². The van der Waals surface area contributed by atoms with E-state index in [1.807, 2.05) is 37.3 Å². The summed E-state index contributed by atoms with van der Waals surface area (Å²) in [6.07, 6.45) is 1.64. The summed E-state index contributed by atoms with van der Waals surface area (Å²) in [4.78, 5) is 18.7. The molecule has 1 saturated heterocycles. The number of likely N-dealkylation sites (tertiary alicyclic amines) is 1. The number of hydrogen-bond donors (Lipinski definition) is 1. The molecule has 152 valence electrons. The highest BCUT2D eigenvalue weighted by molar-refractivity contribution is 9.10. The molecule has 1 aromatic heterocycles. The number of carbonyl (C=O) groups is 1. The second-order valence-electron chi connectivity index (χ2n) is 7.54. The van der Waals surface area contributed by atoms with Gasteiger partial charge in [0.1, 0.15) is 5.52 Å². The molecule has 0 saturated carbocycles. The smallest absolute Gasteiger partial charge is 0.308 e. The first-order chi connectivity index (χ1) is 14.0. The van der Waals surface area contributed by atoms with E-state index in [2.05, 4.69) is 20.8 Å². The van der Waals surface area contributed by atoms with E-state index in [-0.39, 0.29) is 11.9 Å². The Hall–Kier alpha value is -2.38. The number of nitrogen functional groups attached to an aromatic ring is 1. The minimum Gasteiger partial charge on any atom is -0.469 e. The Kier molecular flexibility index (Phi) is 5.61. The molecule has 0 radical (unpaired) electrons. The minimum absolute atomic E-state index is 0.00957. The summed E-state index contributed by atoms with van der Waals surface area (Å²) in [5.41, 5.74) is 11.4. The van der Waals surface area contributed by atoms with Gasteiger partial charge in [-0.25, -0.2) is 4.98 Å². The van der Waals surface area contributed by atoms with Crippen LogP contribution in [-0.4, -0.2) is 36.1 Å². The van der Waals surface area contributed by atoms with Crippen molar-refractivity contribution in [2.45, 2.75) is 26.3 Å². The highest BCUT2D eigenvalue weighted by Crippen LogP contribution is 2.33. The number of carbonyl (C=O) groups excluding carboxylic acids is 1. The van der Waals surface area contributed by atoms with Crippen molar-refractivity contribution >= 4 is 38.7 Å². The molecule has 0 unspecified atom stereocenters. The number of esters is 1. The van der Waals surface area contributed by atoms with Crippen LogP contribution in [0, 0.1) is 12.8 Å². The molecule has 2 N–H and O–H groups in total. The van der Waals surface area contributed by atoms with Gasteiger partial charge in [0.2, 0.25) is 5.89 Å². The monoisotopic (exact) mass is 457 g/mol. The molecule has 2 heterocycles. The first-order valence-corrected chi connectivity index (χ1v) is 10.5. The predicted molar refractivity (Wildman–Crippen MR) is 116 cm³/mol. The van der Waals surface area contributed by atoms with Gasteiger partial charge in [-0.05, 0) is 68.2 Å². The second-order valence-corrected chi connectivity index (χ2v) is 8.39. The summed E-state index contributed by atoms with van der Waals surface area (Å²) in [6.45, 7) is 4.52. The molecule has 1 aliphatic heterocycles. The van der Waals surface area contributed by atoms with Crippen molar-refractivity contribution in [1.29, 1.82) is 0 Å². The zero-order chi connectivity index (χ0) is 20.5. The average molecular weight is 458 g/mol. The average Bonchev–Trinajstić information content (AvgIpc) is 3.14. The number of fused-ring (bicyclic) bond motifs is 1. The van der Waals surface area contributed by atoms with Crippen LogP contribution in [0.2, 0.25) is 0 Å². The normalized spacial score (nSPS) is 15.7. The van der Waals surface area contributed by atoms with Gasteiger partial charge in [-0.3, -0.25) is 9.69 Å². The third kappa shape index (κ3) is 4.02.